The molecule has 0 atom stereocenters. The van der Waals surface area contributed by atoms with Crippen molar-refractivity contribution >= 4 is 33.7 Å². The molecule has 126 valence electrons. The molecule has 0 radical (unpaired) electrons. The van der Waals surface area contributed by atoms with Crippen LogP contribution in [0.5, 0.6) is 5.75 Å². The van der Waals surface area contributed by atoms with Crippen LogP contribution in [-0.4, -0.2) is 42.3 Å². The van der Waals surface area contributed by atoms with E-state index < -0.39 is 17.1 Å². The van der Waals surface area contributed by atoms with E-state index in [0.717, 1.165) is 22.2 Å². The van der Waals surface area contributed by atoms with Gasteiger partial charge < -0.3 is 14.7 Å². The van der Waals surface area contributed by atoms with Crippen LogP contribution in [-0.2, 0) is 10.0 Å². The summed E-state index contributed by atoms with van der Waals surface area (Å²) in [7, 11) is -4.19. The average Bonchev–Trinajstić information content (AvgIpc) is 2.98. The number of hydrogen-bond acceptors (Lipinski definition) is 5. The van der Waals surface area contributed by atoms with Gasteiger partial charge in [0.25, 0.3) is 0 Å². The van der Waals surface area contributed by atoms with Gasteiger partial charge in [-0.15, -0.1) is 0 Å². The molecule has 2 aromatic rings. The van der Waals surface area contributed by atoms with Gasteiger partial charge in [-0.05, 0) is 43.3 Å². The molecule has 24 heavy (non-hydrogen) atoms. The maximum Gasteiger partial charge on any atom is 0.552 e. The minimum absolute atomic E-state index is 0.0483. The van der Waals surface area contributed by atoms with Gasteiger partial charge in [-0.3, -0.25) is 0 Å². The highest BCUT2D eigenvalue weighted by molar-refractivity contribution is 7.89. The molecule has 0 bridgehead atoms. The van der Waals surface area contributed by atoms with E-state index in [0.29, 0.717) is 18.6 Å². The van der Waals surface area contributed by atoms with Gasteiger partial charge in [-0.2, -0.15) is 0 Å². The number of allylic oxidation sites excluding steroid dienone is 1. The molecule has 7 nitrogen and oxygen atoms in total. The van der Waals surface area contributed by atoms with Crippen LogP contribution in [0.25, 0.3) is 16.6 Å². The maximum absolute atomic E-state index is 11.7. The summed E-state index contributed by atoms with van der Waals surface area (Å²) in [6, 6.07) is 1.89. The molecule has 1 aliphatic carbocycles. The monoisotopic (exact) mass is 347 g/mol. The predicted octanol–water partition coefficient (Wildman–Crippen LogP) is 1.08. The first-order valence-electron chi connectivity index (χ1n) is 7.99. The Balaban J connectivity index is 1.62. The predicted molar refractivity (Wildman–Crippen MR) is 91.8 cm³/mol. The van der Waals surface area contributed by atoms with Gasteiger partial charge >= 0.3 is 7.12 Å². The summed E-state index contributed by atoms with van der Waals surface area (Å²) >= 11 is 0. The van der Waals surface area contributed by atoms with Crippen LogP contribution in [0.4, 0.5) is 0 Å². The fourth-order valence-corrected chi connectivity index (χ4v) is 4.29. The minimum atomic E-state index is -3.19. The molecule has 4 rings (SSSR count). The second-order valence-electron chi connectivity index (χ2n) is 6.25. The lowest BCUT2D eigenvalue weighted by atomic mass is 9.68. The third-order valence-electron chi connectivity index (χ3n) is 4.71. The second-order valence-corrected chi connectivity index (χ2v) is 8.30. The van der Waals surface area contributed by atoms with Gasteiger partial charge in [-0.25, -0.2) is 18.1 Å². The Hall–Kier alpha value is -1.84. The van der Waals surface area contributed by atoms with Crippen molar-refractivity contribution < 1.29 is 18.1 Å². The number of nitrogens with zero attached hydrogens (tertiary/aromatic N) is 1. The fourth-order valence-electron chi connectivity index (χ4n) is 3.42. The lowest BCUT2D eigenvalue weighted by Crippen LogP contribution is -2.45. The molecule has 2 aromatic heterocycles. The van der Waals surface area contributed by atoms with Crippen molar-refractivity contribution in [1.29, 1.82) is 0 Å². The van der Waals surface area contributed by atoms with Crippen molar-refractivity contribution in [3.63, 3.8) is 0 Å². The second kappa shape index (κ2) is 5.61. The number of hydrogen-bond donors (Lipinski definition) is 3. The molecule has 0 spiro atoms. The summed E-state index contributed by atoms with van der Waals surface area (Å²) in [4.78, 5) is 7.37. The van der Waals surface area contributed by atoms with Crippen LogP contribution in [0.1, 0.15) is 25.3 Å². The number of fused-ring (bicyclic) bond motifs is 3. The molecule has 9 heteroatoms. The molecule has 1 saturated carbocycles. The molecule has 3 heterocycles. The molecule has 3 N–H and O–H groups in total. The van der Waals surface area contributed by atoms with E-state index in [1.807, 2.05) is 12.3 Å². The van der Waals surface area contributed by atoms with Crippen LogP contribution in [0.3, 0.4) is 0 Å². The van der Waals surface area contributed by atoms with Crippen LogP contribution >= 0.6 is 0 Å². The third-order valence-corrected chi connectivity index (χ3v) is 6.17. The van der Waals surface area contributed by atoms with Crippen LogP contribution < -0.4 is 9.38 Å². The fraction of sp³-hybridized carbons (Fsp3) is 0.400. The lowest BCUT2D eigenvalue weighted by Gasteiger charge is -2.39. The molecule has 1 fully saturated rings. The van der Waals surface area contributed by atoms with Crippen molar-refractivity contribution in [1.82, 2.24) is 14.7 Å². The Morgan fingerprint density at radius 3 is 3.04 bits per heavy atom. The Morgan fingerprint density at radius 1 is 1.50 bits per heavy atom. The van der Waals surface area contributed by atoms with Crippen molar-refractivity contribution in [2.24, 2.45) is 5.92 Å². The summed E-state index contributed by atoms with van der Waals surface area (Å²) in [5, 5.41) is 10.9. The van der Waals surface area contributed by atoms with Crippen molar-refractivity contribution in [3.05, 3.63) is 30.0 Å². The standard InChI is InChI=1S/C15H18BN3O4S/c1-2-24(21,22)19-10-5-9(6-10)12-7-16(20)23-13-8-18-15-11(14(12)13)3-4-17-15/h3-4,7-10,19-20H,2,5-6H2,1H3,(H,17,18)/t9-,10-. The molecular formula is C15H18BN3O4S. The van der Waals surface area contributed by atoms with E-state index in [9.17, 15) is 13.4 Å². The average molecular weight is 347 g/mol. The zero-order valence-electron chi connectivity index (χ0n) is 13.2. The molecule has 0 amide bonds. The van der Waals surface area contributed by atoms with Crippen LogP contribution in [0, 0.1) is 5.92 Å². The van der Waals surface area contributed by atoms with Gasteiger partial charge in [0.15, 0.2) is 0 Å². The smallest absolute Gasteiger partial charge is 0.531 e. The van der Waals surface area contributed by atoms with E-state index >= 15 is 0 Å². The summed E-state index contributed by atoms with van der Waals surface area (Å²) < 4.78 is 31.5. The number of nitrogens with one attached hydrogen (secondary N) is 2. The summed E-state index contributed by atoms with van der Waals surface area (Å²) in [6.45, 7) is 1.63. The first-order valence-corrected chi connectivity index (χ1v) is 9.65. The van der Waals surface area contributed by atoms with E-state index in [2.05, 4.69) is 14.7 Å². The Morgan fingerprint density at radius 2 is 2.29 bits per heavy atom. The zero-order chi connectivity index (χ0) is 16.9. The van der Waals surface area contributed by atoms with Crippen LogP contribution in [0.15, 0.2) is 24.4 Å². The lowest BCUT2D eigenvalue weighted by molar-refractivity contribution is 0.308. The molecule has 0 unspecified atom stereocenters. The highest BCUT2D eigenvalue weighted by Gasteiger charge is 2.38. The van der Waals surface area contributed by atoms with Gasteiger partial charge in [0.2, 0.25) is 10.0 Å². The van der Waals surface area contributed by atoms with E-state index in [4.69, 9.17) is 4.65 Å². The first kappa shape index (κ1) is 15.7. The maximum atomic E-state index is 11.7. The molecule has 1 aliphatic heterocycles. The van der Waals surface area contributed by atoms with Crippen LogP contribution in [0.2, 0.25) is 0 Å². The van der Waals surface area contributed by atoms with Crippen molar-refractivity contribution in [2.75, 3.05) is 5.75 Å². The number of aromatic nitrogens is 2. The van der Waals surface area contributed by atoms with E-state index in [1.165, 1.54) is 0 Å². The number of pyridine rings is 1. The molecular weight excluding hydrogens is 329 g/mol. The number of rotatable bonds is 4. The number of sulfonamides is 1. The Bertz CT molecular complexity index is 918. The first-order chi connectivity index (χ1) is 11.5. The van der Waals surface area contributed by atoms with E-state index in [-0.39, 0.29) is 17.7 Å². The normalized spacial score (nSPS) is 23.4. The molecule has 2 aliphatic rings. The van der Waals surface area contributed by atoms with Gasteiger partial charge in [0.05, 0.1) is 11.9 Å². The topological polar surface area (TPSA) is 104 Å². The highest BCUT2D eigenvalue weighted by atomic mass is 32.2. The summed E-state index contributed by atoms with van der Waals surface area (Å²) in [5.41, 5.74) is 2.71. The highest BCUT2D eigenvalue weighted by Crippen LogP contribution is 2.46. The minimum Gasteiger partial charge on any atom is -0.531 e. The van der Waals surface area contributed by atoms with E-state index in [1.54, 1.807) is 19.1 Å². The largest absolute Gasteiger partial charge is 0.552 e. The third kappa shape index (κ3) is 2.62. The van der Waals surface area contributed by atoms with Gasteiger partial charge in [0.1, 0.15) is 11.4 Å². The van der Waals surface area contributed by atoms with Crippen molar-refractivity contribution in [2.45, 2.75) is 25.8 Å². The Labute approximate surface area is 140 Å². The number of H-pyrrole nitrogens is 1. The quantitative estimate of drug-likeness (QED) is 0.718. The molecule has 0 aromatic carbocycles. The number of aromatic amines is 1. The molecule has 0 saturated heterocycles. The van der Waals surface area contributed by atoms with Crippen molar-refractivity contribution in [3.8, 4) is 5.75 Å². The Kier molecular flexibility index (Phi) is 3.67. The van der Waals surface area contributed by atoms with Gasteiger partial charge in [-0.1, -0.05) is 0 Å². The zero-order valence-corrected chi connectivity index (χ0v) is 14.0. The SMILES string of the molecule is CCS(=O)(=O)N[C@H]1C[C@H](C2=CB(O)Oc3cnc4[nH]ccc4c32)C1. The summed E-state index contributed by atoms with van der Waals surface area (Å²) in [5.74, 6) is 2.54. The van der Waals surface area contributed by atoms with Gasteiger partial charge in [0, 0.05) is 23.2 Å². The summed E-state index contributed by atoms with van der Waals surface area (Å²) in [6.07, 6.45) is 4.86.